The first kappa shape index (κ1) is 23.1. The third-order valence-electron chi connectivity index (χ3n) is 4.92. The van der Waals surface area contributed by atoms with E-state index in [4.69, 9.17) is 11.1 Å². The molecule has 166 valence electrons. The molecule has 0 radical (unpaired) electrons. The van der Waals surface area contributed by atoms with Gasteiger partial charge in [0.1, 0.15) is 0 Å². The molecule has 32 heavy (non-hydrogen) atoms. The first-order valence-corrected chi connectivity index (χ1v) is 9.56. The van der Waals surface area contributed by atoms with Gasteiger partial charge in [0.2, 0.25) is 5.82 Å². The number of allylic oxidation sites excluding steroid dienone is 1. The van der Waals surface area contributed by atoms with E-state index in [-0.39, 0.29) is 16.8 Å². The van der Waals surface area contributed by atoms with Crippen LogP contribution < -0.4 is 5.73 Å². The van der Waals surface area contributed by atoms with Crippen molar-refractivity contribution in [2.24, 2.45) is 5.73 Å². The zero-order valence-corrected chi connectivity index (χ0v) is 17.5. The quantitative estimate of drug-likeness (QED) is 0.220. The van der Waals surface area contributed by atoms with Gasteiger partial charge in [-0.05, 0) is 40.3 Å². The Morgan fingerprint density at radius 3 is 1.91 bits per heavy atom. The molecule has 3 nitrogen and oxygen atoms in total. The maximum atomic E-state index is 14.0. The highest BCUT2D eigenvalue weighted by Gasteiger charge is 2.27. The Balaban J connectivity index is 1.96. The SMILES string of the molecule is CC(C)(C)c1ccc(-c2ccnc(/C(N)=C/C(=N)c3c(F)c(F)c(F)c(F)c3F)c2)cc1. The molecule has 0 fully saturated rings. The van der Waals surface area contributed by atoms with Gasteiger partial charge >= 0.3 is 0 Å². The summed E-state index contributed by atoms with van der Waals surface area (Å²) in [5.41, 5.74) is 6.32. The van der Waals surface area contributed by atoms with E-state index in [0.29, 0.717) is 0 Å². The monoisotopic (exact) mass is 445 g/mol. The molecule has 1 aromatic heterocycles. The minimum absolute atomic E-state index is 0.0146. The Morgan fingerprint density at radius 1 is 0.844 bits per heavy atom. The van der Waals surface area contributed by atoms with Crippen LogP contribution in [0.2, 0.25) is 0 Å². The summed E-state index contributed by atoms with van der Waals surface area (Å²) in [7, 11) is 0. The van der Waals surface area contributed by atoms with E-state index in [2.05, 4.69) is 25.8 Å². The van der Waals surface area contributed by atoms with Crippen LogP contribution in [0.25, 0.3) is 16.8 Å². The van der Waals surface area contributed by atoms with Crippen LogP contribution in [0, 0.1) is 34.5 Å². The number of aromatic nitrogens is 1. The summed E-state index contributed by atoms with van der Waals surface area (Å²) in [5, 5.41) is 7.83. The van der Waals surface area contributed by atoms with Gasteiger partial charge in [-0.2, -0.15) is 0 Å². The van der Waals surface area contributed by atoms with Crippen molar-refractivity contribution in [1.82, 2.24) is 4.98 Å². The Morgan fingerprint density at radius 2 is 1.38 bits per heavy atom. The predicted molar refractivity (Wildman–Crippen MR) is 114 cm³/mol. The number of rotatable bonds is 4. The molecule has 0 atom stereocenters. The maximum absolute atomic E-state index is 14.0. The molecule has 0 bridgehead atoms. The normalized spacial score (nSPS) is 12.2. The number of halogens is 5. The van der Waals surface area contributed by atoms with E-state index < -0.39 is 40.4 Å². The smallest absolute Gasteiger partial charge is 0.200 e. The van der Waals surface area contributed by atoms with E-state index >= 15 is 0 Å². The zero-order chi connectivity index (χ0) is 23.8. The Hall–Kier alpha value is -3.55. The van der Waals surface area contributed by atoms with Crippen LogP contribution in [0.3, 0.4) is 0 Å². The Bertz CT molecular complexity index is 1200. The molecule has 0 amide bonds. The molecule has 0 aliphatic rings. The molecule has 0 saturated heterocycles. The van der Waals surface area contributed by atoms with E-state index in [1.807, 2.05) is 24.3 Å². The van der Waals surface area contributed by atoms with Gasteiger partial charge in [0.25, 0.3) is 0 Å². The van der Waals surface area contributed by atoms with Crippen molar-refractivity contribution in [2.45, 2.75) is 26.2 Å². The molecule has 3 N–H and O–H groups in total. The third kappa shape index (κ3) is 4.39. The van der Waals surface area contributed by atoms with Crippen LogP contribution in [0.15, 0.2) is 48.7 Å². The number of pyridine rings is 1. The molecule has 0 spiro atoms. The topological polar surface area (TPSA) is 62.8 Å². The van der Waals surface area contributed by atoms with Gasteiger partial charge in [0, 0.05) is 6.20 Å². The largest absolute Gasteiger partial charge is 0.397 e. The third-order valence-corrected chi connectivity index (χ3v) is 4.92. The molecule has 3 aromatic rings. The van der Waals surface area contributed by atoms with Crippen LogP contribution in [0.1, 0.15) is 37.6 Å². The number of benzene rings is 2. The van der Waals surface area contributed by atoms with Crippen molar-refractivity contribution in [1.29, 1.82) is 5.41 Å². The standard InChI is InChI=1S/C24H20F5N3/c1-24(2,3)14-6-4-12(5-7-14)13-8-9-32-17(10-13)15(30)11-16(31)18-19(25)21(27)23(29)22(28)20(18)26/h4-11,31H,30H2,1-3H3/b15-11-,31-16?. The summed E-state index contributed by atoms with van der Waals surface area (Å²) in [5.74, 6) is -10.8. The predicted octanol–water partition coefficient (Wildman–Crippen LogP) is 6.11. The average molecular weight is 445 g/mol. The first-order chi connectivity index (χ1) is 14.9. The fourth-order valence-corrected chi connectivity index (χ4v) is 3.07. The Labute approximate surface area is 181 Å². The van der Waals surface area contributed by atoms with Gasteiger partial charge in [-0.1, -0.05) is 45.0 Å². The summed E-state index contributed by atoms with van der Waals surface area (Å²) in [6, 6.07) is 11.2. The molecule has 2 aromatic carbocycles. The van der Waals surface area contributed by atoms with Gasteiger partial charge in [-0.25, -0.2) is 22.0 Å². The maximum Gasteiger partial charge on any atom is 0.200 e. The lowest BCUT2D eigenvalue weighted by molar-refractivity contribution is 0.377. The highest BCUT2D eigenvalue weighted by atomic mass is 19.2. The lowest BCUT2D eigenvalue weighted by Crippen LogP contribution is -2.13. The van der Waals surface area contributed by atoms with Crippen LogP contribution >= 0.6 is 0 Å². The first-order valence-electron chi connectivity index (χ1n) is 9.56. The summed E-state index contributed by atoms with van der Waals surface area (Å²) < 4.78 is 68.0. The molecular formula is C24H20F5N3. The van der Waals surface area contributed by atoms with Crippen molar-refractivity contribution in [3.05, 3.63) is 94.6 Å². The molecule has 0 aliphatic heterocycles. The van der Waals surface area contributed by atoms with E-state index in [9.17, 15) is 22.0 Å². The van der Waals surface area contributed by atoms with Crippen molar-refractivity contribution in [2.75, 3.05) is 0 Å². The molecule has 0 unspecified atom stereocenters. The van der Waals surface area contributed by atoms with Crippen LogP contribution in [-0.4, -0.2) is 10.7 Å². The molecule has 1 heterocycles. The van der Waals surface area contributed by atoms with Crippen molar-refractivity contribution < 1.29 is 22.0 Å². The Kier molecular flexibility index (Phi) is 6.16. The van der Waals surface area contributed by atoms with Crippen LogP contribution in [0.4, 0.5) is 22.0 Å². The van der Waals surface area contributed by atoms with Crippen molar-refractivity contribution in [3.63, 3.8) is 0 Å². The van der Waals surface area contributed by atoms with Gasteiger partial charge in [0.15, 0.2) is 23.3 Å². The molecule has 8 heteroatoms. The second-order valence-corrected chi connectivity index (χ2v) is 8.22. The minimum Gasteiger partial charge on any atom is -0.397 e. The highest BCUT2D eigenvalue weighted by molar-refractivity contribution is 6.10. The second-order valence-electron chi connectivity index (χ2n) is 8.22. The molecule has 0 aliphatic carbocycles. The number of nitrogens with one attached hydrogen (secondary N) is 1. The zero-order valence-electron chi connectivity index (χ0n) is 17.5. The van der Waals surface area contributed by atoms with Gasteiger partial charge in [0.05, 0.1) is 22.7 Å². The van der Waals surface area contributed by atoms with E-state index in [0.717, 1.165) is 22.8 Å². The lowest BCUT2D eigenvalue weighted by atomic mass is 9.86. The van der Waals surface area contributed by atoms with Crippen molar-refractivity contribution >= 4 is 11.4 Å². The number of nitrogens with zero attached hydrogens (tertiary/aromatic N) is 1. The summed E-state index contributed by atoms with van der Waals surface area (Å²) in [6.07, 6.45) is 2.26. The van der Waals surface area contributed by atoms with E-state index in [1.165, 1.54) is 6.20 Å². The molecule has 0 saturated carbocycles. The molecular weight excluding hydrogens is 425 g/mol. The number of hydrogen-bond donors (Lipinski definition) is 2. The van der Waals surface area contributed by atoms with Gasteiger partial charge in [-0.15, -0.1) is 0 Å². The van der Waals surface area contributed by atoms with Crippen molar-refractivity contribution in [3.8, 4) is 11.1 Å². The van der Waals surface area contributed by atoms with Crippen LogP contribution in [-0.2, 0) is 5.41 Å². The average Bonchev–Trinajstić information content (AvgIpc) is 2.76. The minimum atomic E-state index is -2.29. The van der Waals surface area contributed by atoms with Gasteiger partial charge in [-0.3, -0.25) is 10.4 Å². The van der Waals surface area contributed by atoms with Crippen LogP contribution in [0.5, 0.6) is 0 Å². The number of nitrogens with two attached hydrogens (primary N) is 1. The number of hydrogen-bond acceptors (Lipinski definition) is 3. The summed E-state index contributed by atoms with van der Waals surface area (Å²) >= 11 is 0. The fraction of sp³-hybridized carbons (Fsp3) is 0.167. The fourth-order valence-electron chi connectivity index (χ4n) is 3.07. The second kappa shape index (κ2) is 8.53. The lowest BCUT2D eigenvalue weighted by Gasteiger charge is -2.19. The van der Waals surface area contributed by atoms with E-state index in [1.54, 1.807) is 12.1 Å². The summed E-state index contributed by atoms with van der Waals surface area (Å²) in [4.78, 5) is 4.08. The molecule has 3 rings (SSSR count). The van der Waals surface area contributed by atoms with Gasteiger partial charge < -0.3 is 5.73 Å². The highest BCUT2D eigenvalue weighted by Crippen LogP contribution is 2.27. The summed E-state index contributed by atoms with van der Waals surface area (Å²) in [6.45, 7) is 6.28.